The van der Waals surface area contributed by atoms with Crippen LogP contribution in [0.4, 0.5) is 4.39 Å². The van der Waals surface area contributed by atoms with Gasteiger partial charge in [0.25, 0.3) is 0 Å². The van der Waals surface area contributed by atoms with Crippen LogP contribution in [0, 0.1) is 11.2 Å². The number of nitrogens with zero attached hydrogens (tertiary/aromatic N) is 2. The molecule has 0 bridgehead atoms. The fraction of sp³-hybridized carbons (Fsp3) is 0.588. The summed E-state index contributed by atoms with van der Waals surface area (Å²) in [5, 5.41) is 3.34. The van der Waals surface area contributed by atoms with Crippen LogP contribution in [0.3, 0.4) is 0 Å². The van der Waals surface area contributed by atoms with Crippen molar-refractivity contribution in [2.45, 2.75) is 33.3 Å². The molecule has 1 saturated heterocycles. The maximum atomic E-state index is 13.1. The molecule has 1 aromatic carbocycles. The van der Waals surface area contributed by atoms with Crippen LogP contribution in [0.15, 0.2) is 29.3 Å². The Labute approximate surface area is 155 Å². The lowest BCUT2D eigenvalue weighted by molar-refractivity contribution is 0.221. The predicted octanol–water partition coefficient (Wildman–Crippen LogP) is 3.52. The van der Waals surface area contributed by atoms with E-state index in [1.54, 1.807) is 19.2 Å². The van der Waals surface area contributed by atoms with Crippen molar-refractivity contribution in [3.63, 3.8) is 0 Å². The topological polar surface area (TPSA) is 36.9 Å². The number of ether oxygens (including phenoxy) is 1. The lowest BCUT2D eigenvalue weighted by Gasteiger charge is -2.25. The lowest BCUT2D eigenvalue weighted by Crippen LogP contribution is -2.44. The molecule has 0 saturated carbocycles. The maximum Gasteiger partial charge on any atom is 0.193 e. The molecule has 1 fully saturated rings. The molecule has 23 heavy (non-hydrogen) atoms. The van der Waals surface area contributed by atoms with Crippen LogP contribution in [0.5, 0.6) is 5.75 Å². The molecule has 1 aliphatic rings. The van der Waals surface area contributed by atoms with Crippen LogP contribution in [0.2, 0.25) is 0 Å². The number of hydrogen-bond acceptors (Lipinski definition) is 2. The average molecular weight is 435 g/mol. The summed E-state index contributed by atoms with van der Waals surface area (Å²) >= 11 is 0. The summed E-state index contributed by atoms with van der Waals surface area (Å²) in [6, 6.07) is 6.22. The molecule has 1 atom stereocenters. The second kappa shape index (κ2) is 8.70. The molecule has 1 unspecified atom stereocenters. The largest absolute Gasteiger partial charge is 0.489 e. The SMILES string of the molecule is CN=C(NCC(C)Oc1cccc(F)c1)N1CCC(C)(C)C1.I. The number of halogens is 2. The molecule has 0 radical (unpaired) electrons. The third-order valence-electron chi connectivity index (χ3n) is 3.87. The summed E-state index contributed by atoms with van der Waals surface area (Å²) in [5.41, 5.74) is 0.335. The van der Waals surface area contributed by atoms with Crippen molar-refractivity contribution >= 4 is 29.9 Å². The van der Waals surface area contributed by atoms with E-state index >= 15 is 0 Å². The number of benzene rings is 1. The minimum atomic E-state index is -0.284. The zero-order valence-electron chi connectivity index (χ0n) is 14.3. The Kier molecular flexibility index (Phi) is 7.57. The zero-order valence-corrected chi connectivity index (χ0v) is 16.6. The van der Waals surface area contributed by atoms with Gasteiger partial charge in [0, 0.05) is 26.2 Å². The Morgan fingerprint density at radius 3 is 2.78 bits per heavy atom. The van der Waals surface area contributed by atoms with E-state index in [1.165, 1.54) is 18.6 Å². The first-order chi connectivity index (χ1) is 10.4. The fourth-order valence-corrected chi connectivity index (χ4v) is 2.67. The number of likely N-dealkylation sites (tertiary alicyclic amines) is 1. The minimum Gasteiger partial charge on any atom is -0.489 e. The van der Waals surface area contributed by atoms with Crippen molar-refractivity contribution in [1.82, 2.24) is 10.2 Å². The van der Waals surface area contributed by atoms with Crippen molar-refractivity contribution in [3.8, 4) is 5.75 Å². The third kappa shape index (κ3) is 6.16. The van der Waals surface area contributed by atoms with Gasteiger partial charge in [0.1, 0.15) is 17.7 Å². The van der Waals surface area contributed by atoms with Crippen molar-refractivity contribution in [2.75, 3.05) is 26.7 Å². The van der Waals surface area contributed by atoms with E-state index in [0.29, 0.717) is 17.7 Å². The van der Waals surface area contributed by atoms with Crippen molar-refractivity contribution in [3.05, 3.63) is 30.1 Å². The van der Waals surface area contributed by atoms with Crippen molar-refractivity contribution in [1.29, 1.82) is 0 Å². The van der Waals surface area contributed by atoms with Gasteiger partial charge in [0.15, 0.2) is 5.96 Å². The Morgan fingerprint density at radius 2 is 2.22 bits per heavy atom. The summed E-state index contributed by atoms with van der Waals surface area (Å²) in [5.74, 6) is 1.17. The summed E-state index contributed by atoms with van der Waals surface area (Å²) in [4.78, 5) is 6.62. The molecule has 0 aromatic heterocycles. The molecule has 4 nitrogen and oxygen atoms in total. The Hall–Kier alpha value is -1.05. The molecule has 1 aromatic rings. The average Bonchev–Trinajstić information content (AvgIpc) is 2.80. The molecule has 0 aliphatic carbocycles. The molecular weight excluding hydrogens is 408 g/mol. The van der Waals surface area contributed by atoms with E-state index in [1.807, 2.05) is 6.92 Å². The van der Waals surface area contributed by atoms with Crippen molar-refractivity contribution < 1.29 is 9.13 Å². The van der Waals surface area contributed by atoms with Gasteiger partial charge in [-0.2, -0.15) is 0 Å². The van der Waals surface area contributed by atoms with Crippen LogP contribution in [0.25, 0.3) is 0 Å². The molecule has 0 amide bonds. The molecule has 1 aliphatic heterocycles. The second-order valence-corrected chi connectivity index (χ2v) is 6.65. The molecule has 1 heterocycles. The van der Waals surface area contributed by atoms with Gasteiger partial charge in [0.2, 0.25) is 0 Å². The van der Waals surface area contributed by atoms with E-state index in [9.17, 15) is 4.39 Å². The Balaban J connectivity index is 0.00000264. The first-order valence-corrected chi connectivity index (χ1v) is 7.77. The summed E-state index contributed by atoms with van der Waals surface area (Å²) < 4.78 is 18.9. The van der Waals surface area contributed by atoms with E-state index in [2.05, 4.69) is 29.1 Å². The third-order valence-corrected chi connectivity index (χ3v) is 3.87. The highest BCUT2D eigenvalue weighted by Gasteiger charge is 2.30. The lowest BCUT2D eigenvalue weighted by atomic mass is 9.93. The quantitative estimate of drug-likeness (QED) is 0.447. The van der Waals surface area contributed by atoms with E-state index < -0.39 is 0 Å². The smallest absolute Gasteiger partial charge is 0.193 e. The first kappa shape index (κ1) is 20.0. The summed E-state index contributed by atoms with van der Waals surface area (Å²) in [6.45, 7) is 9.16. The van der Waals surface area contributed by atoms with E-state index in [4.69, 9.17) is 4.74 Å². The Bertz CT molecular complexity index is 536. The molecule has 1 N–H and O–H groups in total. The number of guanidine groups is 1. The standard InChI is InChI=1S/C17H26FN3O.HI/c1-13(22-15-7-5-6-14(18)10-15)11-20-16(19-4)21-9-8-17(2,3)12-21;/h5-7,10,13H,8-9,11-12H2,1-4H3,(H,19,20);1H. The van der Waals surface area contributed by atoms with Crippen molar-refractivity contribution in [2.24, 2.45) is 10.4 Å². The Morgan fingerprint density at radius 1 is 1.48 bits per heavy atom. The van der Waals surface area contributed by atoms with Gasteiger partial charge in [-0.25, -0.2) is 4.39 Å². The number of hydrogen-bond donors (Lipinski definition) is 1. The summed E-state index contributed by atoms with van der Waals surface area (Å²) in [6.07, 6.45) is 1.09. The van der Waals surface area contributed by atoms with Gasteiger partial charge in [-0.1, -0.05) is 19.9 Å². The molecular formula is C17H27FIN3O. The molecule has 130 valence electrons. The normalized spacial score (nSPS) is 18.3. The highest BCUT2D eigenvalue weighted by Crippen LogP contribution is 2.28. The van der Waals surface area contributed by atoms with Crippen LogP contribution in [-0.2, 0) is 0 Å². The van der Waals surface area contributed by atoms with E-state index in [0.717, 1.165) is 19.0 Å². The maximum absolute atomic E-state index is 13.1. The van der Waals surface area contributed by atoms with Gasteiger partial charge in [0.05, 0.1) is 6.54 Å². The number of nitrogens with one attached hydrogen (secondary N) is 1. The van der Waals surface area contributed by atoms with Gasteiger partial charge in [-0.05, 0) is 30.9 Å². The van der Waals surface area contributed by atoms with Crippen LogP contribution >= 0.6 is 24.0 Å². The number of rotatable bonds is 4. The highest BCUT2D eigenvalue weighted by molar-refractivity contribution is 14.0. The van der Waals surface area contributed by atoms with Crippen LogP contribution < -0.4 is 10.1 Å². The van der Waals surface area contributed by atoms with Gasteiger partial charge in [-0.3, -0.25) is 4.99 Å². The molecule has 6 heteroatoms. The van der Waals surface area contributed by atoms with Gasteiger partial charge < -0.3 is 15.0 Å². The highest BCUT2D eigenvalue weighted by atomic mass is 127. The van der Waals surface area contributed by atoms with E-state index in [-0.39, 0.29) is 35.9 Å². The van der Waals surface area contributed by atoms with Gasteiger partial charge in [-0.15, -0.1) is 24.0 Å². The number of aliphatic imine (C=N–C) groups is 1. The summed E-state index contributed by atoms with van der Waals surface area (Å²) in [7, 11) is 1.80. The molecule has 2 rings (SSSR count). The monoisotopic (exact) mass is 435 g/mol. The van der Waals surface area contributed by atoms with Gasteiger partial charge >= 0.3 is 0 Å². The first-order valence-electron chi connectivity index (χ1n) is 7.77. The van der Waals surface area contributed by atoms with Crippen LogP contribution in [-0.4, -0.2) is 43.6 Å². The fourth-order valence-electron chi connectivity index (χ4n) is 2.67. The van der Waals surface area contributed by atoms with Crippen LogP contribution in [0.1, 0.15) is 27.2 Å². The minimum absolute atomic E-state index is 0. The molecule has 0 spiro atoms. The zero-order chi connectivity index (χ0) is 16.2. The second-order valence-electron chi connectivity index (χ2n) is 6.65. The predicted molar refractivity (Wildman–Crippen MR) is 103 cm³/mol.